The van der Waals surface area contributed by atoms with E-state index in [1.807, 2.05) is 0 Å². The molecule has 2 saturated heterocycles. The third kappa shape index (κ3) is 3.34. The van der Waals surface area contributed by atoms with E-state index < -0.39 is 21.5 Å². The summed E-state index contributed by atoms with van der Waals surface area (Å²) in [5, 5.41) is 0. The third-order valence-electron chi connectivity index (χ3n) is 4.68. The number of carbonyl (C=O) groups is 2. The first-order chi connectivity index (χ1) is 12.2. The maximum absolute atomic E-state index is 12.8. The SMILES string of the molecule is CC1(C)C(=O)OCCN1C(=O)c1ccc(S(=O)(=O)N2CCOCC2)cc1. The number of carbonyl (C=O) groups excluding carboxylic acids is 2. The van der Waals surface area contributed by atoms with E-state index in [1.54, 1.807) is 13.8 Å². The summed E-state index contributed by atoms with van der Waals surface area (Å²) in [7, 11) is -3.61. The van der Waals surface area contributed by atoms with Gasteiger partial charge in [0, 0.05) is 18.7 Å². The number of sulfonamides is 1. The number of ether oxygens (including phenoxy) is 2. The van der Waals surface area contributed by atoms with Gasteiger partial charge >= 0.3 is 5.97 Å². The molecule has 1 aromatic rings. The summed E-state index contributed by atoms with van der Waals surface area (Å²) in [5.41, 5.74) is -0.734. The average molecular weight is 382 g/mol. The fourth-order valence-electron chi connectivity index (χ4n) is 3.01. The van der Waals surface area contributed by atoms with Gasteiger partial charge in [0.2, 0.25) is 10.0 Å². The Balaban J connectivity index is 1.81. The summed E-state index contributed by atoms with van der Waals surface area (Å²) in [5.74, 6) is -0.786. The number of amides is 1. The Morgan fingerprint density at radius 1 is 1.04 bits per heavy atom. The van der Waals surface area contributed by atoms with Crippen LogP contribution < -0.4 is 0 Å². The smallest absolute Gasteiger partial charge is 0.331 e. The predicted octanol–water partition coefficient (Wildman–Crippen LogP) is 0.485. The molecule has 26 heavy (non-hydrogen) atoms. The number of hydrogen-bond acceptors (Lipinski definition) is 6. The number of rotatable bonds is 3. The maximum Gasteiger partial charge on any atom is 0.331 e. The van der Waals surface area contributed by atoms with Crippen LogP contribution >= 0.6 is 0 Å². The largest absolute Gasteiger partial charge is 0.462 e. The molecule has 1 amide bonds. The maximum atomic E-state index is 12.8. The number of nitrogens with zero attached hydrogens (tertiary/aromatic N) is 2. The fourth-order valence-corrected chi connectivity index (χ4v) is 4.42. The highest BCUT2D eigenvalue weighted by Gasteiger charge is 2.42. The number of benzene rings is 1. The van der Waals surface area contributed by atoms with Crippen molar-refractivity contribution < 1.29 is 27.5 Å². The molecule has 2 aliphatic rings. The molecule has 1 aromatic carbocycles. The molecule has 142 valence electrons. The first-order valence-corrected chi connectivity index (χ1v) is 9.86. The van der Waals surface area contributed by atoms with Crippen molar-refractivity contribution in [3.63, 3.8) is 0 Å². The van der Waals surface area contributed by atoms with Crippen molar-refractivity contribution in [2.24, 2.45) is 0 Å². The minimum Gasteiger partial charge on any atom is -0.462 e. The molecule has 0 aromatic heterocycles. The van der Waals surface area contributed by atoms with E-state index in [-0.39, 0.29) is 17.4 Å². The minimum atomic E-state index is -3.61. The van der Waals surface area contributed by atoms with E-state index in [2.05, 4.69) is 0 Å². The van der Waals surface area contributed by atoms with Crippen LogP contribution in [0.1, 0.15) is 24.2 Å². The van der Waals surface area contributed by atoms with Crippen molar-refractivity contribution in [1.82, 2.24) is 9.21 Å². The molecule has 0 N–H and O–H groups in total. The second-order valence-electron chi connectivity index (χ2n) is 6.69. The monoisotopic (exact) mass is 382 g/mol. The standard InChI is InChI=1S/C17H22N2O6S/c1-17(2)16(21)25-12-9-19(17)15(20)13-3-5-14(6-4-13)26(22,23)18-7-10-24-11-8-18/h3-6H,7-12H2,1-2H3. The molecule has 2 aliphatic heterocycles. The zero-order chi connectivity index (χ0) is 18.9. The van der Waals surface area contributed by atoms with E-state index >= 15 is 0 Å². The summed E-state index contributed by atoms with van der Waals surface area (Å²) in [6.07, 6.45) is 0. The van der Waals surface area contributed by atoms with Gasteiger partial charge in [0.1, 0.15) is 12.1 Å². The normalized spacial score (nSPS) is 21.3. The lowest BCUT2D eigenvalue weighted by Crippen LogP contribution is -2.58. The van der Waals surface area contributed by atoms with E-state index in [1.165, 1.54) is 33.5 Å². The van der Waals surface area contributed by atoms with Crippen LogP contribution in [0, 0.1) is 0 Å². The van der Waals surface area contributed by atoms with Gasteiger partial charge in [-0.1, -0.05) is 0 Å². The molecule has 0 aliphatic carbocycles. The van der Waals surface area contributed by atoms with Crippen LogP contribution in [0.25, 0.3) is 0 Å². The van der Waals surface area contributed by atoms with Gasteiger partial charge in [0.25, 0.3) is 5.91 Å². The molecule has 2 heterocycles. The number of hydrogen-bond donors (Lipinski definition) is 0. The topological polar surface area (TPSA) is 93.2 Å². The zero-order valence-corrected chi connectivity index (χ0v) is 15.6. The van der Waals surface area contributed by atoms with Crippen molar-refractivity contribution in [2.75, 3.05) is 39.5 Å². The molecule has 3 rings (SSSR count). The van der Waals surface area contributed by atoms with Crippen LogP contribution in [0.4, 0.5) is 0 Å². The van der Waals surface area contributed by atoms with E-state index in [4.69, 9.17) is 9.47 Å². The first-order valence-electron chi connectivity index (χ1n) is 8.42. The lowest BCUT2D eigenvalue weighted by molar-refractivity contribution is -0.162. The summed E-state index contributed by atoms with van der Waals surface area (Å²) >= 11 is 0. The van der Waals surface area contributed by atoms with Gasteiger partial charge in [0.15, 0.2) is 0 Å². The van der Waals surface area contributed by atoms with E-state index in [0.717, 1.165) is 0 Å². The molecule has 0 bridgehead atoms. The summed E-state index contributed by atoms with van der Waals surface area (Å²) in [6, 6.07) is 5.80. The highest BCUT2D eigenvalue weighted by atomic mass is 32.2. The quantitative estimate of drug-likeness (QED) is 0.706. The summed E-state index contributed by atoms with van der Waals surface area (Å²) < 4.78 is 36.8. The second kappa shape index (κ2) is 6.98. The molecule has 2 fully saturated rings. The molecular formula is C17H22N2O6S. The molecule has 0 atom stereocenters. The van der Waals surface area contributed by atoms with E-state index in [0.29, 0.717) is 38.4 Å². The summed E-state index contributed by atoms with van der Waals surface area (Å²) in [4.78, 5) is 26.3. The van der Waals surface area contributed by atoms with Crippen molar-refractivity contribution in [3.8, 4) is 0 Å². The molecule has 8 nitrogen and oxygen atoms in total. The predicted molar refractivity (Wildman–Crippen MR) is 92.1 cm³/mol. The Labute approximate surface area is 152 Å². The van der Waals surface area contributed by atoms with Crippen molar-refractivity contribution in [1.29, 1.82) is 0 Å². The van der Waals surface area contributed by atoms with Gasteiger partial charge in [-0.05, 0) is 38.1 Å². The van der Waals surface area contributed by atoms with Gasteiger partial charge < -0.3 is 14.4 Å². The number of esters is 1. The molecule has 9 heteroatoms. The highest BCUT2D eigenvalue weighted by molar-refractivity contribution is 7.89. The van der Waals surface area contributed by atoms with E-state index in [9.17, 15) is 18.0 Å². The second-order valence-corrected chi connectivity index (χ2v) is 8.63. The molecule has 0 unspecified atom stereocenters. The van der Waals surface area contributed by atoms with Crippen molar-refractivity contribution >= 4 is 21.9 Å². The number of cyclic esters (lactones) is 1. The minimum absolute atomic E-state index is 0.133. The highest BCUT2D eigenvalue weighted by Crippen LogP contribution is 2.24. The Bertz CT molecular complexity index is 797. The van der Waals surface area contributed by atoms with Crippen LogP contribution in [0.2, 0.25) is 0 Å². The molecule has 0 radical (unpaired) electrons. The number of morpholine rings is 2. The lowest BCUT2D eigenvalue weighted by Gasteiger charge is -2.40. The van der Waals surface area contributed by atoms with Gasteiger partial charge in [-0.2, -0.15) is 4.31 Å². The molecule has 0 saturated carbocycles. The van der Waals surface area contributed by atoms with Crippen molar-refractivity contribution in [2.45, 2.75) is 24.3 Å². The van der Waals surface area contributed by atoms with Crippen LogP contribution in [-0.4, -0.2) is 74.5 Å². The Morgan fingerprint density at radius 2 is 1.65 bits per heavy atom. The van der Waals surface area contributed by atoms with Gasteiger partial charge in [0.05, 0.1) is 24.7 Å². The molecular weight excluding hydrogens is 360 g/mol. The Morgan fingerprint density at radius 3 is 2.27 bits per heavy atom. The third-order valence-corrected chi connectivity index (χ3v) is 6.59. The van der Waals surface area contributed by atoms with Gasteiger partial charge in [-0.3, -0.25) is 4.79 Å². The summed E-state index contributed by atoms with van der Waals surface area (Å²) in [6.45, 7) is 5.07. The molecule has 0 spiro atoms. The average Bonchev–Trinajstić information content (AvgIpc) is 2.64. The van der Waals surface area contributed by atoms with Gasteiger partial charge in [-0.15, -0.1) is 0 Å². The lowest BCUT2D eigenvalue weighted by atomic mass is 10.00. The van der Waals surface area contributed by atoms with Crippen LogP contribution in [0.15, 0.2) is 29.2 Å². The van der Waals surface area contributed by atoms with Gasteiger partial charge in [-0.25, -0.2) is 13.2 Å². The fraction of sp³-hybridized carbons (Fsp3) is 0.529. The van der Waals surface area contributed by atoms with Crippen molar-refractivity contribution in [3.05, 3.63) is 29.8 Å². The zero-order valence-electron chi connectivity index (χ0n) is 14.8. The van der Waals surface area contributed by atoms with Crippen LogP contribution in [-0.2, 0) is 24.3 Å². The first kappa shape index (κ1) is 18.8. The Kier molecular flexibility index (Phi) is 5.05. The Hall–Kier alpha value is -1.97. The van der Waals surface area contributed by atoms with Crippen LogP contribution in [0.5, 0.6) is 0 Å². The van der Waals surface area contributed by atoms with Crippen LogP contribution in [0.3, 0.4) is 0 Å².